The van der Waals surface area contributed by atoms with Crippen molar-refractivity contribution in [2.24, 2.45) is 16.5 Å². The Labute approximate surface area is 136 Å². The molecule has 0 radical (unpaired) electrons. The maximum atomic E-state index is 11.4. The van der Waals surface area contributed by atoms with Crippen molar-refractivity contribution < 1.29 is 19.1 Å². The number of aliphatic imine (C=N–C) groups is 1. The van der Waals surface area contributed by atoms with Crippen LogP contribution in [-0.4, -0.2) is 50.5 Å². The molecule has 0 aromatic rings. The van der Waals surface area contributed by atoms with E-state index < -0.39 is 6.09 Å². The first-order chi connectivity index (χ1) is 11.1. The number of ether oxygens (including phenoxy) is 1. The number of hydrogen-bond acceptors (Lipinski definition) is 5. The molecule has 0 unspecified atom stereocenters. The molecule has 0 saturated carbocycles. The molecule has 0 aliphatic heterocycles. The van der Waals surface area contributed by atoms with Crippen LogP contribution >= 0.6 is 0 Å². The summed E-state index contributed by atoms with van der Waals surface area (Å²) in [6.07, 6.45) is 4.73. The van der Waals surface area contributed by atoms with Gasteiger partial charge in [-0.2, -0.15) is 0 Å². The number of carbonyl (C=O) groups is 3. The molecule has 9 nitrogen and oxygen atoms in total. The number of carbonyl (C=O) groups excluding carboxylic acids is 3. The van der Waals surface area contributed by atoms with Crippen molar-refractivity contribution in [3.63, 3.8) is 0 Å². The molecule has 0 atom stereocenters. The van der Waals surface area contributed by atoms with Gasteiger partial charge >= 0.3 is 6.09 Å². The molecule has 9 heteroatoms. The van der Waals surface area contributed by atoms with E-state index in [1.807, 2.05) is 0 Å². The van der Waals surface area contributed by atoms with E-state index in [0.29, 0.717) is 32.5 Å². The van der Waals surface area contributed by atoms with Gasteiger partial charge in [-0.05, 0) is 19.3 Å². The maximum absolute atomic E-state index is 11.4. The van der Waals surface area contributed by atoms with Crippen molar-refractivity contribution in [1.29, 1.82) is 0 Å². The van der Waals surface area contributed by atoms with Gasteiger partial charge in [-0.3, -0.25) is 9.79 Å². The number of nitrogens with one attached hydrogen (secondary N) is 2. The van der Waals surface area contributed by atoms with Gasteiger partial charge in [0.05, 0.1) is 0 Å². The van der Waals surface area contributed by atoms with E-state index in [4.69, 9.17) is 16.2 Å². The van der Waals surface area contributed by atoms with Crippen LogP contribution in [-0.2, 0) is 14.3 Å². The monoisotopic (exact) mass is 329 g/mol. The zero-order chi connectivity index (χ0) is 17.3. The number of unbranched alkanes of at least 4 members (excludes halogenated alkanes) is 4. The second kappa shape index (κ2) is 14.6. The van der Waals surface area contributed by atoms with Gasteiger partial charge < -0.3 is 31.6 Å². The topological polar surface area (TPSA) is 149 Å². The summed E-state index contributed by atoms with van der Waals surface area (Å²) >= 11 is 0. The normalized spacial score (nSPS) is 9.74. The van der Waals surface area contributed by atoms with Crippen LogP contribution < -0.4 is 22.1 Å². The van der Waals surface area contributed by atoms with E-state index in [-0.39, 0.29) is 18.5 Å². The second-order valence-electron chi connectivity index (χ2n) is 4.88. The lowest BCUT2D eigenvalue weighted by atomic mass is 10.2. The van der Waals surface area contributed by atoms with E-state index in [1.165, 1.54) is 0 Å². The van der Waals surface area contributed by atoms with Crippen molar-refractivity contribution in [2.75, 3.05) is 26.2 Å². The van der Waals surface area contributed by atoms with Crippen molar-refractivity contribution in [3.8, 4) is 0 Å². The number of amides is 2. The van der Waals surface area contributed by atoms with E-state index >= 15 is 0 Å². The quantitative estimate of drug-likeness (QED) is 0.157. The van der Waals surface area contributed by atoms with Crippen LogP contribution in [0.15, 0.2) is 4.99 Å². The molecule has 0 bridgehead atoms. The number of nitrogens with zero attached hydrogens (tertiary/aromatic N) is 1. The highest BCUT2D eigenvalue weighted by Crippen LogP contribution is 1.98. The van der Waals surface area contributed by atoms with Gasteiger partial charge in [0, 0.05) is 26.1 Å². The number of rotatable bonds is 13. The summed E-state index contributed by atoms with van der Waals surface area (Å²) in [6, 6.07) is 0. The molecule has 0 spiro atoms. The van der Waals surface area contributed by atoms with E-state index in [2.05, 4.69) is 15.6 Å². The zero-order valence-corrected chi connectivity index (χ0v) is 13.4. The van der Waals surface area contributed by atoms with Gasteiger partial charge in [0.2, 0.25) is 0 Å². The Kier molecular flexibility index (Phi) is 13.1. The molecule has 0 aromatic carbocycles. The predicted octanol–water partition coefficient (Wildman–Crippen LogP) is -0.358. The van der Waals surface area contributed by atoms with Crippen molar-refractivity contribution in [1.82, 2.24) is 10.6 Å². The van der Waals surface area contributed by atoms with Crippen molar-refractivity contribution in [3.05, 3.63) is 0 Å². The van der Waals surface area contributed by atoms with Gasteiger partial charge in [-0.1, -0.05) is 12.8 Å². The van der Waals surface area contributed by atoms with Gasteiger partial charge in [0.25, 0.3) is 5.91 Å². The summed E-state index contributed by atoms with van der Waals surface area (Å²) in [4.78, 5) is 36.6. The first-order valence-corrected chi connectivity index (χ1v) is 7.72. The van der Waals surface area contributed by atoms with Gasteiger partial charge in [0.1, 0.15) is 6.29 Å². The lowest BCUT2D eigenvalue weighted by Crippen LogP contribution is -2.33. The maximum Gasteiger partial charge on any atom is 0.407 e. The summed E-state index contributed by atoms with van der Waals surface area (Å²) in [7, 11) is 0. The van der Waals surface area contributed by atoms with Crippen LogP contribution in [0.3, 0.4) is 0 Å². The second-order valence-corrected chi connectivity index (χ2v) is 4.88. The first-order valence-electron chi connectivity index (χ1n) is 7.72. The highest BCUT2D eigenvalue weighted by Gasteiger charge is 2.05. The summed E-state index contributed by atoms with van der Waals surface area (Å²) in [5.41, 5.74) is 10.4. The minimum Gasteiger partial charge on any atom is -0.439 e. The molecule has 0 aromatic heterocycles. The Morgan fingerprint density at radius 2 is 1.70 bits per heavy atom. The zero-order valence-electron chi connectivity index (χ0n) is 13.4. The van der Waals surface area contributed by atoms with Crippen LogP contribution in [0.1, 0.15) is 38.5 Å². The fourth-order valence-electron chi connectivity index (χ4n) is 1.64. The molecule has 132 valence electrons. The Bertz CT molecular complexity index is 383. The van der Waals surface area contributed by atoms with Crippen LogP contribution in [0.4, 0.5) is 4.79 Å². The lowest BCUT2D eigenvalue weighted by Gasteiger charge is -2.07. The molecule has 0 saturated heterocycles. The third-order valence-electron chi connectivity index (χ3n) is 2.80. The standard InChI is InChI=1S/C14H27N5O4/c15-13(16)18-8-4-2-1-3-7-17-12(21)11-23-14(22)19-9-5-6-10-20/h10H,1-9,11H2,(H,17,21)(H,19,22)(H4,15,16,18). The van der Waals surface area contributed by atoms with Crippen molar-refractivity contribution in [2.45, 2.75) is 38.5 Å². The molecule has 0 aliphatic carbocycles. The average molecular weight is 329 g/mol. The van der Waals surface area contributed by atoms with E-state index in [0.717, 1.165) is 32.0 Å². The third-order valence-corrected chi connectivity index (χ3v) is 2.80. The van der Waals surface area contributed by atoms with Gasteiger partial charge in [-0.15, -0.1) is 0 Å². The number of hydrogen-bond donors (Lipinski definition) is 4. The summed E-state index contributed by atoms with van der Waals surface area (Å²) in [5.74, 6) is -0.237. The SMILES string of the molecule is NC(N)=NCCCCCCNC(=O)COC(=O)NCCCC=O. The number of nitrogens with two attached hydrogens (primary N) is 2. The fraction of sp³-hybridized carbons (Fsp3) is 0.714. The molecule has 0 heterocycles. The van der Waals surface area contributed by atoms with Gasteiger partial charge in [-0.25, -0.2) is 4.79 Å². The Hall–Kier alpha value is -2.32. The van der Waals surface area contributed by atoms with Crippen LogP contribution in [0.5, 0.6) is 0 Å². The molecule has 23 heavy (non-hydrogen) atoms. The number of alkyl carbamates (subject to hydrolysis) is 1. The molecule has 0 aliphatic rings. The Morgan fingerprint density at radius 3 is 2.39 bits per heavy atom. The van der Waals surface area contributed by atoms with E-state index in [1.54, 1.807) is 0 Å². The molecule has 0 fully saturated rings. The number of aldehydes is 1. The van der Waals surface area contributed by atoms with Gasteiger partial charge in [0.15, 0.2) is 12.6 Å². The molecular formula is C14H27N5O4. The smallest absolute Gasteiger partial charge is 0.407 e. The van der Waals surface area contributed by atoms with Crippen LogP contribution in [0, 0.1) is 0 Å². The summed E-state index contributed by atoms with van der Waals surface area (Å²) in [6.45, 7) is 1.18. The molecule has 6 N–H and O–H groups in total. The predicted molar refractivity (Wildman–Crippen MR) is 86.8 cm³/mol. The Morgan fingerprint density at radius 1 is 1.00 bits per heavy atom. The minimum atomic E-state index is -0.661. The summed E-state index contributed by atoms with van der Waals surface area (Å²) in [5, 5.41) is 5.11. The Balaban J connectivity index is 3.41. The lowest BCUT2D eigenvalue weighted by molar-refractivity contribution is -0.124. The summed E-state index contributed by atoms with van der Waals surface area (Å²) < 4.78 is 4.73. The molecule has 2 amide bonds. The molecular weight excluding hydrogens is 302 g/mol. The third kappa shape index (κ3) is 15.9. The largest absolute Gasteiger partial charge is 0.439 e. The number of guanidine groups is 1. The first kappa shape index (κ1) is 20.7. The van der Waals surface area contributed by atoms with Crippen LogP contribution in [0.2, 0.25) is 0 Å². The average Bonchev–Trinajstić information content (AvgIpc) is 2.51. The fourth-order valence-corrected chi connectivity index (χ4v) is 1.64. The van der Waals surface area contributed by atoms with Crippen molar-refractivity contribution >= 4 is 24.2 Å². The van der Waals surface area contributed by atoms with Crippen LogP contribution in [0.25, 0.3) is 0 Å². The van der Waals surface area contributed by atoms with E-state index in [9.17, 15) is 14.4 Å². The molecule has 0 rings (SSSR count). The minimum absolute atomic E-state index is 0.102. The highest BCUT2D eigenvalue weighted by molar-refractivity contribution is 5.80. The highest BCUT2D eigenvalue weighted by atomic mass is 16.6.